The van der Waals surface area contributed by atoms with Crippen LogP contribution in [0.3, 0.4) is 0 Å². The zero-order valence-electron chi connectivity index (χ0n) is 15.6. The van der Waals surface area contributed by atoms with Gasteiger partial charge in [0.25, 0.3) is 5.56 Å². The van der Waals surface area contributed by atoms with Crippen molar-refractivity contribution in [3.63, 3.8) is 0 Å². The molecule has 1 atom stereocenters. The second-order valence-corrected chi connectivity index (χ2v) is 7.50. The molecule has 0 saturated carbocycles. The zero-order valence-corrected chi connectivity index (χ0v) is 17.2. The fraction of sp³-hybridized carbons (Fsp3) is 0.190. The van der Waals surface area contributed by atoms with Crippen LogP contribution in [-0.4, -0.2) is 32.8 Å². The monoisotopic (exact) mass is 455 g/mol. The molecule has 29 heavy (non-hydrogen) atoms. The lowest BCUT2D eigenvalue weighted by Crippen LogP contribution is -2.32. The minimum atomic E-state index is -0.932. The van der Waals surface area contributed by atoms with Gasteiger partial charge in [-0.1, -0.05) is 51.4 Å². The molecule has 0 spiro atoms. The van der Waals surface area contributed by atoms with Crippen molar-refractivity contribution in [1.82, 2.24) is 14.9 Å². The normalized spacial score (nSPS) is 12.2. The van der Waals surface area contributed by atoms with E-state index in [0.29, 0.717) is 22.6 Å². The van der Waals surface area contributed by atoms with Crippen molar-refractivity contribution in [2.75, 3.05) is 6.61 Å². The zero-order chi connectivity index (χ0) is 20.4. The molecule has 2 heterocycles. The van der Waals surface area contributed by atoms with Crippen molar-refractivity contribution in [2.45, 2.75) is 19.6 Å². The summed E-state index contributed by atoms with van der Waals surface area (Å²) in [5.74, 6) is 1.15. The highest BCUT2D eigenvalue weighted by Gasteiger charge is 2.20. The van der Waals surface area contributed by atoms with Crippen LogP contribution in [0.25, 0.3) is 22.2 Å². The van der Waals surface area contributed by atoms with Gasteiger partial charge < -0.3 is 14.4 Å². The molecule has 0 bridgehead atoms. The van der Waals surface area contributed by atoms with Gasteiger partial charge in [0.15, 0.2) is 5.52 Å². The second-order valence-electron chi connectivity index (χ2n) is 6.58. The third-order valence-corrected chi connectivity index (χ3v) is 4.97. The number of aryl methyl sites for hydroxylation is 1. The average Bonchev–Trinajstić information content (AvgIpc) is 3.12. The molecular formula is C21H18BrN3O4. The maximum Gasteiger partial charge on any atom is 0.296 e. The Morgan fingerprint density at radius 2 is 1.90 bits per heavy atom. The van der Waals surface area contributed by atoms with Crippen molar-refractivity contribution in [2.24, 2.45) is 0 Å². The number of rotatable bonds is 6. The summed E-state index contributed by atoms with van der Waals surface area (Å²) >= 11 is 3.36. The van der Waals surface area contributed by atoms with Crippen molar-refractivity contribution in [1.29, 1.82) is 0 Å². The van der Waals surface area contributed by atoms with Crippen LogP contribution in [0.5, 0.6) is 5.75 Å². The van der Waals surface area contributed by atoms with Crippen LogP contribution in [0.2, 0.25) is 0 Å². The van der Waals surface area contributed by atoms with Gasteiger partial charge in [-0.05, 0) is 31.2 Å². The summed E-state index contributed by atoms with van der Waals surface area (Å²) in [5.41, 5.74) is 1.19. The van der Waals surface area contributed by atoms with Gasteiger partial charge in [0.1, 0.15) is 29.9 Å². The Balaban J connectivity index is 1.62. The standard InChI is InChI=1S/C21H18BrN3O4/c1-13-18-19(14-5-3-2-4-6-14)23-25(21(27)20(18)24-29-13)11-16(26)12-28-17-9-7-15(22)8-10-17/h2-10,16,26H,11-12H2,1H3. The van der Waals surface area contributed by atoms with Crippen molar-refractivity contribution < 1.29 is 14.4 Å². The molecule has 0 fully saturated rings. The van der Waals surface area contributed by atoms with E-state index in [-0.39, 0.29) is 18.7 Å². The number of fused-ring (bicyclic) bond motifs is 1. The number of halogens is 1. The lowest BCUT2D eigenvalue weighted by atomic mass is 10.1. The number of aliphatic hydroxyl groups is 1. The largest absolute Gasteiger partial charge is 0.491 e. The van der Waals surface area contributed by atoms with Gasteiger partial charge in [-0.2, -0.15) is 5.10 Å². The molecule has 1 N–H and O–H groups in total. The highest BCUT2D eigenvalue weighted by molar-refractivity contribution is 9.10. The molecule has 8 heteroatoms. The molecule has 0 radical (unpaired) electrons. The summed E-state index contributed by atoms with van der Waals surface area (Å²) in [6.07, 6.45) is -0.932. The van der Waals surface area contributed by atoms with Gasteiger partial charge in [0.05, 0.1) is 11.9 Å². The lowest BCUT2D eigenvalue weighted by Gasteiger charge is -2.14. The van der Waals surface area contributed by atoms with Crippen LogP contribution in [-0.2, 0) is 6.54 Å². The molecule has 4 aromatic rings. The van der Waals surface area contributed by atoms with E-state index < -0.39 is 11.7 Å². The number of aromatic nitrogens is 3. The molecule has 1 unspecified atom stereocenters. The third-order valence-electron chi connectivity index (χ3n) is 4.44. The van der Waals surface area contributed by atoms with E-state index in [4.69, 9.17) is 9.26 Å². The number of hydrogen-bond acceptors (Lipinski definition) is 6. The summed E-state index contributed by atoms with van der Waals surface area (Å²) in [5, 5.41) is 19.4. The molecule has 2 aromatic heterocycles. The maximum atomic E-state index is 12.8. The summed E-state index contributed by atoms with van der Waals surface area (Å²) < 4.78 is 13.0. The topological polar surface area (TPSA) is 90.4 Å². The Kier molecular flexibility index (Phi) is 5.46. The van der Waals surface area contributed by atoms with Gasteiger partial charge in [0.2, 0.25) is 0 Å². The molecule has 4 rings (SSSR count). The van der Waals surface area contributed by atoms with E-state index in [1.165, 1.54) is 4.68 Å². The molecule has 0 aliphatic carbocycles. The van der Waals surface area contributed by atoms with E-state index in [9.17, 15) is 9.90 Å². The van der Waals surface area contributed by atoms with Gasteiger partial charge >= 0.3 is 0 Å². The van der Waals surface area contributed by atoms with Crippen LogP contribution >= 0.6 is 15.9 Å². The van der Waals surface area contributed by atoms with Crippen molar-refractivity contribution >= 4 is 26.8 Å². The fourth-order valence-corrected chi connectivity index (χ4v) is 3.30. The van der Waals surface area contributed by atoms with Crippen LogP contribution in [0, 0.1) is 6.92 Å². The minimum Gasteiger partial charge on any atom is -0.491 e. The van der Waals surface area contributed by atoms with Gasteiger partial charge in [-0.3, -0.25) is 4.79 Å². The predicted molar refractivity (Wildman–Crippen MR) is 112 cm³/mol. The van der Waals surface area contributed by atoms with E-state index in [2.05, 4.69) is 26.2 Å². The Hall–Kier alpha value is -2.97. The number of nitrogens with zero attached hydrogens (tertiary/aromatic N) is 3. The predicted octanol–water partition coefficient (Wildman–Crippen LogP) is 3.56. The molecule has 0 saturated heterocycles. The Morgan fingerprint density at radius 1 is 1.17 bits per heavy atom. The van der Waals surface area contributed by atoms with Crippen LogP contribution in [0.1, 0.15) is 5.76 Å². The van der Waals surface area contributed by atoms with Gasteiger partial charge in [0, 0.05) is 10.0 Å². The Bertz CT molecular complexity index is 1190. The molecule has 2 aromatic carbocycles. The first-order chi connectivity index (χ1) is 14.0. The summed E-state index contributed by atoms with van der Waals surface area (Å²) in [6.45, 7) is 1.73. The quantitative estimate of drug-likeness (QED) is 0.477. The molecule has 7 nitrogen and oxygen atoms in total. The van der Waals surface area contributed by atoms with Crippen LogP contribution in [0.15, 0.2) is 68.4 Å². The number of aliphatic hydroxyl groups excluding tert-OH is 1. The van der Waals surface area contributed by atoms with Gasteiger partial charge in [-0.25, -0.2) is 4.68 Å². The summed E-state index contributed by atoms with van der Waals surface area (Å²) in [7, 11) is 0. The van der Waals surface area contributed by atoms with Crippen molar-refractivity contribution in [3.8, 4) is 17.0 Å². The number of benzene rings is 2. The first-order valence-electron chi connectivity index (χ1n) is 9.02. The first kappa shape index (κ1) is 19.4. The maximum absolute atomic E-state index is 12.8. The SMILES string of the molecule is Cc1onc2c(=O)n(CC(O)COc3ccc(Br)cc3)nc(-c3ccccc3)c12. The molecular weight excluding hydrogens is 438 g/mol. The van der Waals surface area contributed by atoms with E-state index in [1.54, 1.807) is 19.1 Å². The summed E-state index contributed by atoms with van der Waals surface area (Å²) in [4.78, 5) is 12.8. The van der Waals surface area contributed by atoms with Crippen LogP contribution < -0.4 is 10.3 Å². The lowest BCUT2D eigenvalue weighted by molar-refractivity contribution is 0.0882. The first-order valence-corrected chi connectivity index (χ1v) is 9.81. The Morgan fingerprint density at radius 3 is 2.62 bits per heavy atom. The highest BCUT2D eigenvalue weighted by atomic mass is 79.9. The van der Waals surface area contributed by atoms with Crippen LogP contribution in [0.4, 0.5) is 0 Å². The molecule has 0 aliphatic heterocycles. The summed E-state index contributed by atoms with van der Waals surface area (Å²) in [6, 6.07) is 16.8. The van der Waals surface area contributed by atoms with E-state index in [0.717, 1.165) is 10.0 Å². The fourth-order valence-electron chi connectivity index (χ4n) is 3.03. The second kappa shape index (κ2) is 8.18. The van der Waals surface area contributed by atoms with E-state index >= 15 is 0 Å². The molecule has 148 valence electrons. The smallest absolute Gasteiger partial charge is 0.296 e. The van der Waals surface area contributed by atoms with Crippen molar-refractivity contribution in [3.05, 3.63) is 75.2 Å². The average molecular weight is 456 g/mol. The number of hydrogen-bond donors (Lipinski definition) is 1. The van der Waals surface area contributed by atoms with Gasteiger partial charge in [-0.15, -0.1) is 0 Å². The highest BCUT2D eigenvalue weighted by Crippen LogP contribution is 2.27. The van der Waals surface area contributed by atoms with E-state index in [1.807, 2.05) is 42.5 Å². The third kappa shape index (κ3) is 4.08. The molecule has 0 aliphatic rings. The minimum absolute atomic E-state index is 0.0201. The molecule has 0 amide bonds. The number of ether oxygens (including phenoxy) is 1. The Labute approximate surface area is 174 Å².